The molecule has 0 aromatic heterocycles. The topological polar surface area (TPSA) is 90.9 Å². The highest BCUT2D eigenvalue weighted by atomic mass is 31.1. The summed E-state index contributed by atoms with van der Waals surface area (Å²) in [6, 6.07) is -0.762. The Kier molecular flexibility index (Phi) is 8.01. The maximum Gasteiger partial charge on any atom is 0.323 e. The second kappa shape index (κ2) is 8.39. The van der Waals surface area contributed by atoms with Crippen LogP contribution in [0.25, 0.3) is 0 Å². The zero-order valence-electron chi connectivity index (χ0n) is 12.8. The summed E-state index contributed by atoms with van der Waals surface area (Å²) in [5.41, 5.74) is -0.652. The van der Waals surface area contributed by atoms with E-state index in [4.69, 9.17) is 14.0 Å². The van der Waals surface area contributed by atoms with E-state index < -0.39 is 38.4 Å². The molecule has 8 heteroatoms. The Bertz CT molecular complexity index is 363. The Morgan fingerprint density at radius 1 is 1.20 bits per heavy atom. The van der Waals surface area contributed by atoms with Crippen molar-refractivity contribution in [3.63, 3.8) is 0 Å². The van der Waals surface area contributed by atoms with Gasteiger partial charge in [0.25, 0.3) is 8.18 Å². The standard InChI is InChI=1S/C12H24NO6P/c1-8(2)19-10(14)9(3)13-20(16)18-7-17-11(15)12(4,5)6/h8-9,20H,7H2,1-6H3,(H,13,16)/t9-/m0/s1. The van der Waals surface area contributed by atoms with Crippen LogP contribution in [-0.2, 0) is 28.2 Å². The Balaban J connectivity index is 4.01. The molecule has 0 aliphatic carbocycles. The lowest BCUT2D eigenvalue weighted by Gasteiger charge is -2.17. The third kappa shape index (κ3) is 8.30. The zero-order chi connectivity index (χ0) is 15.9. The van der Waals surface area contributed by atoms with Crippen molar-refractivity contribution in [3.8, 4) is 0 Å². The van der Waals surface area contributed by atoms with Crippen LogP contribution in [0.15, 0.2) is 0 Å². The molecule has 0 rings (SSSR count). The second-order valence-electron chi connectivity index (χ2n) is 5.58. The monoisotopic (exact) mass is 309 g/mol. The number of hydrogen-bond acceptors (Lipinski definition) is 6. The van der Waals surface area contributed by atoms with E-state index in [2.05, 4.69) is 5.09 Å². The molecule has 0 radical (unpaired) electrons. The molecule has 0 bridgehead atoms. The van der Waals surface area contributed by atoms with Crippen molar-refractivity contribution >= 4 is 20.1 Å². The van der Waals surface area contributed by atoms with E-state index in [1.807, 2.05) is 0 Å². The highest BCUT2D eigenvalue weighted by Crippen LogP contribution is 2.20. The van der Waals surface area contributed by atoms with Gasteiger partial charge in [0.2, 0.25) is 0 Å². The van der Waals surface area contributed by atoms with Crippen molar-refractivity contribution in [3.05, 3.63) is 0 Å². The molecule has 0 saturated carbocycles. The van der Waals surface area contributed by atoms with Gasteiger partial charge < -0.3 is 9.47 Å². The Hall–Kier alpha value is -0.910. The minimum absolute atomic E-state index is 0.247. The van der Waals surface area contributed by atoms with Gasteiger partial charge in [0, 0.05) is 0 Å². The summed E-state index contributed by atoms with van der Waals surface area (Å²) in [4.78, 5) is 22.9. The van der Waals surface area contributed by atoms with Gasteiger partial charge in [-0.3, -0.25) is 18.7 Å². The average Bonchev–Trinajstić information content (AvgIpc) is 2.26. The van der Waals surface area contributed by atoms with Crippen LogP contribution in [0, 0.1) is 5.41 Å². The van der Waals surface area contributed by atoms with Crippen molar-refractivity contribution in [2.75, 3.05) is 6.79 Å². The molecule has 0 aromatic rings. The van der Waals surface area contributed by atoms with Gasteiger partial charge in [-0.25, -0.2) is 5.09 Å². The predicted molar refractivity (Wildman–Crippen MR) is 74.3 cm³/mol. The highest BCUT2D eigenvalue weighted by Gasteiger charge is 2.23. The minimum Gasteiger partial charge on any atom is -0.462 e. The first-order valence-electron chi connectivity index (χ1n) is 6.35. The molecule has 0 amide bonds. The fourth-order valence-corrected chi connectivity index (χ4v) is 1.69. The van der Waals surface area contributed by atoms with Gasteiger partial charge in [0.1, 0.15) is 6.04 Å². The molecule has 0 heterocycles. The zero-order valence-corrected chi connectivity index (χ0v) is 13.8. The lowest BCUT2D eigenvalue weighted by molar-refractivity contribution is -0.159. The first kappa shape index (κ1) is 19.1. The van der Waals surface area contributed by atoms with E-state index in [9.17, 15) is 14.2 Å². The molecule has 0 aliphatic rings. The van der Waals surface area contributed by atoms with Gasteiger partial charge in [-0.1, -0.05) is 0 Å². The number of carbonyl (C=O) groups excluding carboxylic acids is 2. The molecule has 7 nitrogen and oxygen atoms in total. The Morgan fingerprint density at radius 3 is 2.20 bits per heavy atom. The lowest BCUT2D eigenvalue weighted by Crippen LogP contribution is -2.33. The van der Waals surface area contributed by atoms with Gasteiger partial charge >= 0.3 is 11.9 Å². The molecule has 1 unspecified atom stereocenters. The fourth-order valence-electron chi connectivity index (χ4n) is 0.965. The summed E-state index contributed by atoms with van der Waals surface area (Å²) >= 11 is 0. The van der Waals surface area contributed by atoms with Crippen LogP contribution in [0.4, 0.5) is 0 Å². The van der Waals surface area contributed by atoms with Crippen LogP contribution in [0.2, 0.25) is 0 Å². The molecule has 2 atom stereocenters. The molecule has 0 spiro atoms. The summed E-state index contributed by atoms with van der Waals surface area (Å²) in [6.45, 7) is 9.61. The van der Waals surface area contributed by atoms with Crippen LogP contribution >= 0.6 is 8.18 Å². The van der Waals surface area contributed by atoms with Gasteiger partial charge in [-0.2, -0.15) is 0 Å². The molecule has 0 fully saturated rings. The van der Waals surface area contributed by atoms with Crippen LogP contribution in [0.1, 0.15) is 41.5 Å². The Morgan fingerprint density at radius 2 is 1.75 bits per heavy atom. The van der Waals surface area contributed by atoms with Crippen molar-refractivity contribution in [2.24, 2.45) is 5.41 Å². The third-order valence-corrected chi connectivity index (χ3v) is 3.08. The second-order valence-corrected chi connectivity index (χ2v) is 6.74. The van der Waals surface area contributed by atoms with Crippen molar-refractivity contribution in [1.82, 2.24) is 5.09 Å². The van der Waals surface area contributed by atoms with Gasteiger partial charge in [-0.15, -0.1) is 0 Å². The van der Waals surface area contributed by atoms with Crippen molar-refractivity contribution in [2.45, 2.75) is 53.7 Å². The largest absolute Gasteiger partial charge is 0.462 e. The number of nitrogens with one attached hydrogen (secondary N) is 1. The first-order valence-corrected chi connectivity index (χ1v) is 7.66. The third-order valence-electron chi connectivity index (χ3n) is 2.03. The first-order chi connectivity index (χ1) is 9.04. The van der Waals surface area contributed by atoms with Crippen LogP contribution in [0.3, 0.4) is 0 Å². The molecular weight excluding hydrogens is 285 g/mol. The molecular formula is C12H24NO6P. The van der Waals surface area contributed by atoms with E-state index in [1.165, 1.54) is 6.92 Å². The van der Waals surface area contributed by atoms with Crippen LogP contribution < -0.4 is 5.09 Å². The number of esters is 2. The van der Waals surface area contributed by atoms with Crippen molar-refractivity contribution < 1.29 is 28.2 Å². The summed E-state index contributed by atoms with van der Waals surface area (Å²) < 4.78 is 26.1. The fraction of sp³-hybridized carbons (Fsp3) is 0.833. The maximum absolute atomic E-state index is 11.5. The number of hydrogen-bond donors (Lipinski definition) is 1. The van der Waals surface area contributed by atoms with E-state index >= 15 is 0 Å². The van der Waals surface area contributed by atoms with E-state index in [-0.39, 0.29) is 6.10 Å². The van der Waals surface area contributed by atoms with Crippen LogP contribution in [-0.4, -0.2) is 30.9 Å². The predicted octanol–water partition coefficient (Wildman–Crippen LogP) is 1.87. The lowest BCUT2D eigenvalue weighted by atomic mass is 9.98. The van der Waals surface area contributed by atoms with E-state index in [0.717, 1.165) is 0 Å². The number of carbonyl (C=O) groups is 2. The maximum atomic E-state index is 11.5. The summed E-state index contributed by atoms with van der Waals surface area (Å²) in [6.07, 6.45) is -0.247. The molecule has 0 saturated heterocycles. The van der Waals surface area contributed by atoms with E-state index in [0.29, 0.717) is 0 Å². The summed E-state index contributed by atoms with van der Waals surface area (Å²) in [7, 11) is -2.69. The Labute approximate surface area is 120 Å². The van der Waals surface area contributed by atoms with Crippen molar-refractivity contribution in [1.29, 1.82) is 0 Å². The number of ether oxygens (including phenoxy) is 2. The summed E-state index contributed by atoms with van der Waals surface area (Å²) in [5, 5.41) is 2.46. The van der Waals surface area contributed by atoms with Gasteiger partial charge in [0.05, 0.1) is 11.5 Å². The quantitative estimate of drug-likeness (QED) is 0.436. The number of rotatable bonds is 7. The van der Waals surface area contributed by atoms with Crippen LogP contribution in [0.5, 0.6) is 0 Å². The molecule has 118 valence electrons. The molecule has 1 N–H and O–H groups in total. The SMILES string of the molecule is CC(C)OC(=O)[C@H](C)N[PH](=O)OCOC(=O)C(C)(C)C. The normalized spacial score (nSPS) is 14.8. The summed E-state index contributed by atoms with van der Waals surface area (Å²) in [5.74, 6) is -0.979. The van der Waals surface area contributed by atoms with E-state index in [1.54, 1.807) is 34.6 Å². The smallest absolute Gasteiger partial charge is 0.323 e. The minimum atomic E-state index is -2.69. The molecule has 0 aromatic carbocycles. The van der Waals surface area contributed by atoms with Gasteiger partial charge in [0.15, 0.2) is 6.79 Å². The average molecular weight is 309 g/mol. The van der Waals surface area contributed by atoms with Gasteiger partial charge in [-0.05, 0) is 41.5 Å². The molecule has 20 heavy (non-hydrogen) atoms. The highest BCUT2D eigenvalue weighted by molar-refractivity contribution is 7.36. The molecule has 0 aliphatic heterocycles.